The Kier molecular flexibility index (Phi) is 1.38. The number of hydrogen-bond acceptors (Lipinski definition) is 1. The van der Waals surface area contributed by atoms with Gasteiger partial charge in [-0.2, -0.15) is 0 Å². The van der Waals surface area contributed by atoms with Crippen LogP contribution >= 0.6 is 0 Å². The molecule has 4 rings (SSSR count). The van der Waals surface area contributed by atoms with Gasteiger partial charge in [0.15, 0.2) is 0 Å². The van der Waals surface area contributed by atoms with Crippen LogP contribution in [0.2, 0.25) is 0 Å². The normalized spacial score (nSPS) is 55.5. The van der Waals surface area contributed by atoms with Crippen LogP contribution in [-0.2, 0) is 4.79 Å². The summed E-state index contributed by atoms with van der Waals surface area (Å²) in [6.07, 6.45) is 7.75. The number of hydrogen-bond donors (Lipinski definition) is 0. The quantitative estimate of drug-likeness (QED) is 0.642. The van der Waals surface area contributed by atoms with Gasteiger partial charge >= 0.3 is 0 Å². The lowest BCUT2D eigenvalue weighted by Crippen LogP contribution is -2.53. The highest BCUT2D eigenvalue weighted by atomic mass is 16.2. The van der Waals surface area contributed by atoms with Gasteiger partial charge in [0.1, 0.15) is 0 Å². The molecule has 0 radical (unpaired) electrons. The fraction of sp³-hybridized carbons (Fsp3) is 0.923. The molecule has 3 aliphatic heterocycles. The average Bonchev–Trinajstić information content (AvgIpc) is 2.57. The molecule has 5 atom stereocenters. The number of carbonyl (C=O) groups is 1. The molecule has 4 fully saturated rings. The molecule has 3 heterocycles. The van der Waals surface area contributed by atoms with E-state index in [4.69, 9.17) is 0 Å². The summed E-state index contributed by atoms with van der Waals surface area (Å²) in [6, 6.07) is 1.29. The van der Waals surface area contributed by atoms with Crippen molar-refractivity contribution < 1.29 is 4.79 Å². The zero-order valence-corrected chi connectivity index (χ0v) is 9.41. The van der Waals surface area contributed by atoms with Crippen molar-refractivity contribution in [3.05, 3.63) is 0 Å². The fourth-order valence-electron chi connectivity index (χ4n) is 5.38. The molecule has 82 valence electrons. The third-order valence-electron chi connectivity index (χ3n) is 6.00. The molecule has 4 bridgehead atoms. The molecule has 1 saturated carbocycles. The summed E-state index contributed by atoms with van der Waals surface area (Å²) < 4.78 is 0. The summed E-state index contributed by atoms with van der Waals surface area (Å²) in [5, 5.41) is 0. The maximum absolute atomic E-state index is 12.3. The predicted molar refractivity (Wildman–Crippen MR) is 57.2 cm³/mol. The van der Waals surface area contributed by atoms with E-state index in [1.54, 1.807) is 0 Å². The van der Waals surface area contributed by atoms with Gasteiger partial charge in [0.25, 0.3) is 0 Å². The predicted octanol–water partition coefficient (Wildman–Crippen LogP) is 2.19. The van der Waals surface area contributed by atoms with E-state index >= 15 is 0 Å². The van der Waals surface area contributed by atoms with Gasteiger partial charge in [0.2, 0.25) is 5.91 Å². The Balaban J connectivity index is 1.86. The lowest BCUT2D eigenvalue weighted by atomic mass is 9.51. The van der Waals surface area contributed by atoms with E-state index in [1.165, 1.54) is 38.5 Å². The second-order valence-corrected chi connectivity index (χ2v) is 6.04. The smallest absolute Gasteiger partial charge is 0.226 e. The van der Waals surface area contributed by atoms with Crippen LogP contribution in [0, 0.1) is 17.3 Å². The second kappa shape index (κ2) is 2.41. The molecule has 4 aliphatic rings. The van der Waals surface area contributed by atoms with Crippen molar-refractivity contribution in [1.82, 2.24) is 4.90 Å². The Bertz CT molecular complexity index is 339. The summed E-state index contributed by atoms with van der Waals surface area (Å²) >= 11 is 0. The molecule has 4 unspecified atom stereocenters. The Morgan fingerprint density at radius 1 is 1.40 bits per heavy atom. The first-order chi connectivity index (χ1) is 7.29. The standard InChI is InChI=1S/C13H19NO/c1-2-8-7-9-3-4-11-13(8)6-5-10(13)12(15)14(9)11/h8-11H,2-7H2,1H3/t8-,9?,10?,11?,13?/m0/s1. The molecular weight excluding hydrogens is 186 g/mol. The van der Waals surface area contributed by atoms with Gasteiger partial charge in [-0.1, -0.05) is 13.3 Å². The maximum Gasteiger partial charge on any atom is 0.226 e. The minimum absolute atomic E-state index is 0.442. The van der Waals surface area contributed by atoms with Gasteiger partial charge in [0, 0.05) is 23.4 Å². The minimum Gasteiger partial charge on any atom is -0.336 e. The van der Waals surface area contributed by atoms with E-state index in [2.05, 4.69) is 11.8 Å². The van der Waals surface area contributed by atoms with Crippen molar-refractivity contribution >= 4 is 5.91 Å². The number of rotatable bonds is 1. The lowest BCUT2D eigenvalue weighted by Gasteiger charge is -2.53. The molecule has 0 aromatic rings. The molecule has 2 heteroatoms. The molecule has 1 aliphatic carbocycles. The summed E-state index contributed by atoms with van der Waals surface area (Å²) in [7, 11) is 0. The van der Waals surface area contributed by atoms with Crippen LogP contribution in [0.25, 0.3) is 0 Å². The first-order valence-corrected chi connectivity index (χ1v) is 6.61. The van der Waals surface area contributed by atoms with E-state index in [-0.39, 0.29) is 0 Å². The van der Waals surface area contributed by atoms with Gasteiger partial charge < -0.3 is 4.90 Å². The zero-order valence-electron chi connectivity index (χ0n) is 9.41. The van der Waals surface area contributed by atoms with E-state index in [9.17, 15) is 4.79 Å². The van der Waals surface area contributed by atoms with Crippen LogP contribution in [0.4, 0.5) is 0 Å². The van der Waals surface area contributed by atoms with Crippen molar-refractivity contribution in [2.75, 3.05) is 0 Å². The SMILES string of the molecule is CC[C@H]1CC2CCC3N2C(=O)C2CCC231. The highest BCUT2D eigenvalue weighted by molar-refractivity contribution is 5.85. The first-order valence-electron chi connectivity index (χ1n) is 6.61. The zero-order chi connectivity index (χ0) is 10.2. The second-order valence-electron chi connectivity index (χ2n) is 6.04. The van der Waals surface area contributed by atoms with Crippen LogP contribution in [-0.4, -0.2) is 22.9 Å². The van der Waals surface area contributed by atoms with Crippen LogP contribution in [0.5, 0.6) is 0 Å². The largest absolute Gasteiger partial charge is 0.336 e. The van der Waals surface area contributed by atoms with E-state index < -0.39 is 0 Å². The van der Waals surface area contributed by atoms with Crippen LogP contribution in [0.15, 0.2) is 0 Å². The maximum atomic E-state index is 12.3. The molecule has 2 nitrogen and oxygen atoms in total. The van der Waals surface area contributed by atoms with Crippen molar-refractivity contribution in [3.8, 4) is 0 Å². The Morgan fingerprint density at radius 3 is 2.93 bits per heavy atom. The summed E-state index contributed by atoms with van der Waals surface area (Å²) in [5.74, 6) is 1.83. The minimum atomic E-state index is 0.442. The average molecular weight is 205 g/mol. The molecule has 1 amide bonds. The Morgan fingerprint density at radius 2 is 2.27 bits per heavy atom. The molecule has 3 saturated heterocycles. The summed E-state index contributed by atoms with van der Waals surface area (Å²) in [4.78, 5) is 14.6. The van der Waals surface area contributed by atoms with Crippen LogP contribution in [0.3, 0.4) is 0 Å². The number of nitrogens with zero attached hydrogens (tertiary/aromatic N) is 1. The van der Waals surface area contributed by atoms with Crippen molar-refractivity contribution in [2.45, 2.75) is 57.5 Å². The summed E-state index contributed by atoms with van der Waals surface area (Å²) in [5.41, 5.74) is 0.457. The van der Waals surface area contributed by atoms with Crippen LogP contribution < -0.4 is 0 Å². The molecule has 1 spiro atoms. The highest BCUT2D eigenvalue weighted by Gasteiger charge is 2.71. The van der Waals surface area contributed by atoms with Gasteiger partial charge in [-0.3, -0.25) is 4.79 Å². The number of amides is 1. The third kappa shape index (κ3) is 0.696. The van der Waals surface area contributed by atoms with Gasteiger partial charge in [-0.05, 0) is 38.0 Å². The van der Waals surface area contributed by atoms with E-state index in [0.717, 1.165) is 5.92 Å². The van der Waals surface area contributed by atoms with E-state index in [0.29, 0.717) is 29.3 Å². The molecule has 15 heavy (non-hydrogen) atoms. The fourth-order valence-corrected chi connectivity index (χ4v) is 5.38. The van der Waals surface area contributed by atoms with Gasteiger partial charge in [-0.15, -0.1) is 0 Å². The first kappa shape index (κ1) is 8.60. The van der Waals surface area contributed by atoms with E-state index in [1.807, 2.05) is 0 Å². The molecule has 0 N–H and O–H groups in total. The molecule has 0 aromatic carbocycles. The number of piperidine rings is 1. The third-order valence-corrected chi connectivity index (χ3v) is 6.00. The van der Waals surface area contributed by atoms with Crippen molar-refractivity contribution in [2.24, 2.45) is 17.3 Å². The van der Waals surface area contributed by atoms with Gasteiger partial charge in [-0.25, -0.2) is 0 Å². The Hall–Kier alpha value is -0.530. The van der Waals surface area contributed by atoms with Crippen molar-refractivity contribution in [3.63, 3.8) is 0 Å². The monoisotopic (exact) mass is 205 g/mol. The van der Waals surface area contributed by atoms with Gasteiger partial charge in [0.05, 0.1) is 0 Å². The molecule has 0 aromatic heterocycles. The molecular formula is C13H19NO. The lowest BCUT2D eigenvalue weighted by molar-refractivity contribution is -0.134. The summed E-state index contributed by atoms with van der Waals surface area (Å²) in [6.45, 7) is 2.33. The topological polar surface area (TPSA) is 20.3 Å². The van der Waals surface area contributed by atoms with Crippen molar-refractivity contribution in [1.29, 1.82) is 0 Å². The number of carbonyl (C=O) groups excluding carboxylic acids is 1. The highest BCUT2D eigenvalue weighted by Crippen LogP contribution is 2.68. The van der Waals surface area contributed by atoms with Crippen LogP contribution in [0.1, 0.15) is 45.4 Å². The Labute approximate surface area is 91.0 Å².